The van der Waals surface area contributed by atoms with Crippen LogP contribution in [0.25, 0.3) is 149 Å². The van der Waals surface area contributed by atoms with Crippen LogP contribution in [0.15, 0.2) is 491 Å². The number of anilines is 9. The van der Waals surface area contributed by atoms with Crippen LogP contribution in [0, 0.1) is 0 Å². The Morgan fingerprint density at radius 3 is 0.645 bits per heavy atom. The highest BCUT2D eigenvalue weighted by atomic mass is 32.1. The molecular formula is C118H81N3S3. The van der Waals surface area contributed by atoms with Crippen LogP contribution in [0.1, 0.15) is 0 Å². The summed E-state index contributed by atoms with van der Waals surface area (Å²) in [6.45, 7) is 0. The maximum absolute atomic E-state index is 2.38. The van der Waals surface area contributed by atoms with Crippen molar-refractivity contribution >= 4 is 156 Å². The molecule has 0 atom stereocenters. The molecule has 0 amide bonds. The fraction of sp³-hybridized carbons (Fsp3) is 0. The average molecular weight is 1640 g/mol. The summed E-state index contributed by atoms with van der Waals surface area (Å²) in [6.07, 6.45) is 0. The van der Waals surface area contributed by atoms with Crippen LogP contribution in [0.4, 0.5) is 51.2 Å². The number of hydrogen-bond donors (Lipinski definition) is 0. The number of para-hydroxylation sites is 1. The Kier molecular flexibility index (Phi) is 21.2. The van der Waals surface area contributed by atoms with Crippen LogP contribution in [0.5, 0.6) is 0 Å². The third kappa shape index (κ3) is 15.4. The van der Waals surface area contributed by atoms with Crippen molar-refractivity contribution in [3.8, 4) is 77.9 Å². The highest BCUT2D eigenvalue weighted by molar-refractivity contribution is 7.27. The lowest BCUT2D eigenvalue weighted by Crippen LogP contribution is -2.10. The van der Waals surface area contributed by atoms with Gasteiger partial charge in [-0.2, -0.15) is 0 Å². The molecular weight excluding hydrogens is 1560 g/mol. The van der Waals surface area contributed by atoms with Gasteiger partial charge < -0.3 is 14.7 Å². The Morgan fingerprint density at radius 1 is 0.129 bits per heavy atom. The first kappa shape index (κ1) is 76.1. The third-order valence-electron chi connectivity index (χ3n) is 23.5. The molecule has 3 nitrogen and oxygen atoms in total. The van der Waals surface area contributed by atoms with Crippen LogP contribution in [-0.4, -0.2) is 0 Å². The van der Waals surface area contributed by atoms with Crippen LogP contribution in [0.3, 0.4) is 0 Å². The molecule has 3 heterocycles. The van der Waals surface area contributed by atoms with Gasteiger partial charge in [-0.25, -0.2) is 0 Å². The molecule has 20 aromatic carbocycles. The monoisotopic (exact) mass is 1640 g/mol. The molecule has 0 fully saturated rings. The summed E-state index contributed by atoms with van der Waals surface area (Å²) in [4.78, 5) is 7.03. The molecule has 0 aliphatic heterocycles. The maximum atomic E-state index is 2.38. The predicted octanol–water partition coefficient (Wildman–Crippen LogP) is 35.4. The molecule has 124 heavy (non-hydrogen) atoms. The average Bonchev–Trinajstić information content (AvgIpc) is 1.56. The van der Waals surface area contributed by atoms with Gasteiger partial charge in [0.1, 0.15) is 0 Å². The minimum atomic E-state index is 1.12. The SMILES string of the molecule is c1ccc(-c2ccc(N(c3ccc(-c4cccc5c4sc4ccccc45)cc3)c3cccc4ccccc34)cc2)cc1.c1ccc(-c2ccc(N(c3ccc(-c4ccccc4)cc3)c3ccc(-c4cccc5c4sc4ccccc45)cc3)cc2)cc1.c1ccc(-c2ccc(N(c3ccccc3)c3ccc(-c4cccc5c4sc4ccccc45)cc3)cc2)cc1. The summed E-state index contributed by atoms with van der Waals surface area (Å²) in [7, 11) is 0. The van der Waals surface area contributed by atoms with Gasteiger partial charge in [-0.15, -0.1) is 34.0 Å². The minimum Gasteiger partial charge on any atom is -0.311 e. The molecule has 3 aromatic heterocycles. The van der Waals surface area contributed by atoms with Gasteiger partial charge in [-0.05, 0) is 205 Å². The first-order valence-corrected chi connectivity index (χ1v) is 44.5. The highest BCUT2D eigenvalue weighted by Gasteiger charge is 2.21. The number of thiophene rings is 3. The topological polar surface area (TPSA) is 9.72 Å². The van der Waals surface area contributed by atoms with E-state index in [-0.39, 0.29) is 0 Å². The normalized spacial score (nSPS) is 11.2. The van der Waals surface area contributed by atoms with Crippen molar-refractivity contribution in [2.24, 2.45) is 0 Å². The largest absolute Gasteiger partial charge is 0.311 e. The third-order valence-corrected chi connectivity index (χ3v) is 27.1. The molecule has 0 aliphatic carbocycles. The Morgan fingerprint density at radius 2 is 0.339 bits per heavy atom. The summed E-state index contributed by atoms with van der Waals surface area (Å²) in [5, 5.41) is 10.4. The summed E-state index contributed by atoms with van der Waals surface area (Å²) in [5.74, 6) is 0. The van der Waals surface area contributed by atoms with E-state index >= 15 is 0 Å². The van der Waals surface area contributed by atoms with Gasteiger partial charge in [0.05, 0.1) is 5.69 Å². The first-order valence-electron chi connectivity index (χ1n) is 42.1. The maximum Gasteiger partial charge on any atom is 0.0540 e. The van der Waals surface area contributed by atoms with Crippen molar-refractivity contribution in [3.63, 3.8) is 0 Å². The Bertz CT molecular complexity index is 7560. The number of benzene rings is 20. The van der Waals surface area contributed by atoms with Gasteiger partial charge in [0.15, 0.2) is 0 Å². The van der Waals surface area contributed by atoms with Gasteiger partial charge in [-0.3, -0.25) is 0 Å². The van der Waals surface area contributed by atoms with Gasteiger partial charge in [0.2, 0.25) is 0 Å². The van der Waals surface area contributed by atoms with Gasteiger partial charge in [-0.1, -0.05) is 370 Å². The molecule has 6 heteroatoms. The van der Waals surface area contributed by atoms with E-state index in [0.717, 1.165) is 45.5 Å². The summed E-state index contributed by atoms with van der Waals surface area (Å²) < 4.78 is 8.02. The van der Waals surface area contributed by atoms with Crippen molar-refractivity contribution in [1.29, 1.82) is 0 Å². The van der Waals surface area contributed by atoms with Crippen LogP contribution in [-0.2, 0) is 0 Å². The number of rotatable bonds is 16. The number of hydrogen-bond acceptors (Lipinski definition) is 6. The van der Waals surface area contributed by atoms with E-state index in [1.807, 2.05) is 34.0 Å². The first-order chi connectivity index (χ1) is 61.5. The van der Waals surface area contributed by atoms with Crippen LogP contribution in [0.2, 0.25) is 0 Å². The second-order valence-electron chi connectivity index (χ2n) is 31.0. The van der Waals surface area contributed by atoms with E-state index in [0.29, 0.717) is 0 Å². The lowest BCUT2D eigenvalue weighted by molar-refractivity contribution is 1.28. The molecule has 0 saturated carbocycles. The zero-order valence-corrected chi connectivity index (χ0v) is 70.3. The zero-order valence-electron chi connectivity index (χ0n) is 67.8. The van der Waals surface area contributed by atoms with E-state index in [1.54, 1.807) is 0 Å². The van der Waals surface area contributed by atoms with Gasteiger partial charge in [0.25, 0.3) is 0 Å². The van der Waals surface area contributed by atoms with Gasteiger partial charge >= 0.3 is 0 Å². The standard InChI is InChI=1S/C42H29NS.C40H27NS.C36H25NS/c1-3-10-30(11-4-1)32-18-24-35(25-19-32)43(36-26-20-33(21-27-36)31-12-5-2-6-13-31)37-28-22-34(23-29-37)38-15-9-16-40-39-14-7-8-17-41(39)44-42(38)40;1-2-10-28(11-3-1)29-20-24-32(25-21-29)41(38-18-8-13-30-12-4-5-14-34(30)38)33-26-22-31(23-27-33)35-16-9-17-37-36-15-6-7-19-39(36)42-40(35)37;1-3-10-26(11-4-1)27-18-22-30(23-19-27)37(29-12-5-2-6-13-29)31-24-20-28(21-25-31)32-15-9-16-34-33-14-7-8-17-35(33)38-36(32)34/h1-29H;1-27H;1-25H. The molecule has 0 aliphatic rings. The molecule has 23 rings (SSSR count). The summed E-state index contributed by atoms with van der Waals surface area (Å²) in [6, 6.07) is 177. The van der Waals surface area contributed by atoms with E-state index in [4.69, 9.17) is 0 Å². The Hall–Kier alpha value is -15.3. The summed E-state index contributed by atoms with van der Waals surface area (Å²) >= 11 is 5.63. The fourth-order valence-electron chi connectivity index (χ4n) is 17.3. The van der Waals surface area contributed by atoms with Crippen LogP contribution >= 0.6 is 34.0 Å². The fourth-order valence-corrected chi connectivity index (χ4v) is 21.0. The molecule has 0 radical (unpaired) electrons. The molecule has 23 aromatic rings. The molecule has 586 valence electrons. The Balaban J connectivity index is 0.000000114. The molecule has 0 spiro atoms. The van der Waals surface area contributed by atoms with E-state index in [1.165, 1.54) is 155 Å². The zero-order chi connectivity index (χ0) is 82.5. The van der Waals surface area contributed by atoms with E-state index < -0.39 is 0 Å². The van der Waals surface area contributed by atoms with Crippen molar-refractivity contribution in [2.75, 3.05) is 14.7 Å². The van der Waals surface area contributed by atoms with Crippen LogP contribution < -0.4 is 14.7 Å². The minimum absolute atomic E-state index is 1.12. The molecule has 0 N–H and O–H groups in total. The highest BCUT2D eigenvalue weighted by Crippen LogP contribution is 2.48. The van der Waals surface area contributed by atoms with Crippen molar-refractivity contribution in [1.82, 2.24) is 0 Å². The van der Waals surface area contributed by atoms with Crippen molar-refractivity contribution < 1.29 is 0 Å². The smallest absolute Gasteiger partial charge is 0.0540 e. The van der Waals surface area contributed by atoms with E-state index in [9.17, 15) is 0 Å². The molecule has 0 saturated heterocycles. The molecule has 0 bridgehead atoms. The number of nitrogens with zero attached hydrogens (tertiary/aromatic N) is 3. The van der Waals surface area contributed by atoms with Crippen molar-refractivity contribution in [2.45, 2.75) is 0 Å². The second kappa shape index (κ2) is 34.4. The quantitative estimate of drug-likeness (QED) is 0.0955. The summed E-state index contributed by atoms with van der Waals surface area (Å²) in [5.41, 5.74) is 27.5. The lowest BCUT2D eigenvalue weighted by Gasteiger charge is -2.27. The second-order valence-corrected chi connectivity index (χ2v) is 34.1. The Labute approximate surface area is 734 Å². The number of fused-ring (bicyclic) bond motifs is 10. The molecule has 0 unspecified atom stereocenters. The predicted molar refractivity (Wildman–Crippen MR) is 538 cm³/mol. The van der Waals surface area contributed by atoms with E-state index in [2.05, 4.69) is 506 Å². The van der Waals surface area contributed by atoms with Gasteiger partial charge in [0, 0.05) is 111 Å². The van der Waals surface area contributed by atoms with Crippen molar-refractivity contribution in [3.05, 3.63) is 491 Å². The lowest BCUT2D eigenvalue weighted by atomic mass is 10.0.